The van der Waals surface area contributed by atoms with Crippen molar-refractivity contribution in [2.75, 3.05) is 14.2 Å². The van der Waals surface area contributed by atoms with E-state index in [2.05, 4.69) is 12.6 Å². The van der Waals surface area contributed by atoms with Crippen LogP contribution in [0, 0.1) is 0 Å². The van der Waals surface area contributed by atoms with Crippen LogP contribution in [0.2, 0.25) is 0 Å². The smallest absolute Gasteiger partial charge is 0.174 e. The quantitative estimate of drug-likeness (QED) is 0.772. The van der Waals surface area contributed by atoms with Gasteiger partial charge in [0.25, 0.3) is 0 Å². The van der Waals surface area contributed by atoms with Crippen molar-refractivity contribution in [1.29, 1.82) is 0 Å². The Labute approximate surface area is 96.0 Å². The van der Waals surface area contributed by atoms with Gasteiger partial charge in [0.2, 0.25) is 0 Å². The Bertz CT molecular complexity index is 340. The van der Waals surface area contributed by atoms with Crippen molar-refractivity contribution >= 4 is 12.6 Å². The predicted molar refractivity (Wildman–Crippen MR) is 64.2 cm³/mol. The highest BCUT2D eigenvalue weighted by molar-refractivity contribution is 7.80. The molecule has 0 fully saturated rings. The van der Waals surface area contributed by atoms with Gasteiger partial charge in [0.15, 0.2) is 11.5 Å². The standard InChI is InChI=1S/C11H17NO2S/c1-7(12)6-8-4-5-9(15)11(14-3)10(8)13-2/h4-5,7,15H,6,12H2,1-3H3/t7-/m1/s1. The maximum Gasteiger partial charge on any atom is 0.174 e. The highest BCUT2D eigenvalue weighted by Crippen LogP contribution is 2.37. The van der Waals surface area contributed by atoms with Gasteiger partial charge in [-0.05, 0) is 25.0 Å². The molecule has 0 saturated carbocycles. The van der Waals surface area contributed by atoms with Gasteiger partial charge in [-0.3, -0.25) is 0 Å². The van der Waals surface area contributed by atoms with Gasteiger partial charge in [-0.1, -0.05) is 6.07 Å². The third-order valence-electron chi connectivity index (χ3n) is 2.12. The fourth-order valence-electron chi connectivity index (χ4n) is 1.52. The number of thiol groups is 1. The minimum absolute atomic E-state index is 0.0920. The molecule has 4 heteroatoms. The summed E-state index contributed by atoms with van der Waals surface area (Å²) in [5.41, 5.74) is 6.81. The summed E-state index contributed by atoms with van der Waals surface area (Å²) in [4.78, 5) is 0.766. The zero-order valence-corrected chi connectivity index (χ0v) is 10.2. The molecule has 0 radical (unpaired) electrons. The molecule has 84 valence electrons. The van der Waals surface area contributed by atoms with Gasteiger partial charge in [-0.25, -0.2) is 0 Å². The zero-order chi connectivity index (χ0) is 11.4. The maximum atomic E-state index is 5.76. The summed E-state index contributed by atoms with van der Waals surface area (Å²) in [6.45, 7) is 1.96. The maximum absolute atomic E-state index is 5.76. The van der Waals surface area contributed by atoms with Gasteiger partial charge in [-0.15, -0.1) is 12.6 Å². The fraction of sp³-hybridized carbons (Fsp3) is 0.455. The summed E-state index contributed by atoms with van der Waals surface area (Å²) < 4.78 is 10.6. The second-order valence-electron chi connectivity index (χ2n) is 3.49. The summed E-state index contributed by atoms with van der Waals surface area (Å²) in [6.07, 6.45) is 0.758. The van der Waals surface area contributed by atoms with Crippen molar-refractivity contribution < 1.29 is 9.47 Å². The molecule has 1 atom stereocenters. The number of methoxy groups -OCH3 is 2. The number of ether oxygens (including phenoxy) is 2. The molecule has 0 bridgehead atoms. The van der Waals surface area contributed by atoms with Crippen LogP contribution in [0.1, 0.15) is 12.5 Å². The first-order chi connectivity index (χ1) is 7.10. The molecule has 0 saturated heterocycles. The number of hydrogen-bond donors (Lipinski definition) is 2. The second kappa shape index (κ2) is 5.28. The predicted octanol–water partition coefficient (Wildman–Crippen LogP) is 1.88. The molecule has 0 aliphatic carbocycles. The van der Waals surface area contributed by atoms with Crippen LogP contribution in [0.15, 0.2) is 17.0 Å². The molecule has 0 amide bonds. The second-order valence-corrected chi connectivity index (χ2v) is 3.97. The molecule has 0 heterocycles. The summed E-state index contributed by atoms with van der Waals surface area (Å²) in [6, 6.07) is 3.95. The minimum Gasteiger partial charge on any atom is -0.493 e. The molecule has 0 aliphatic heterocycles. The van der Waals surface area contributed by atoms with E-state index in [1.807, 2.05) is 19.1 Å². The number of hydrogen-bond acceptors (Lipinski definition) is 4. The Kier molecular flexibility index (Phi) is 4.29. The van der Waals surface area contributed by atoms with Crippen LogP contribution >= 0.6 is 12.6 Å². The Hall–Kier alpha value is -0.870. The first-order valence-electron chi connectivity index (χ1n) is 4.78. The van der Waals surface area contributed by atoms with Crippen LogP contribution < -0.4 is 15.2 Å². The van der Waals surface area contributed by atoms with Gasteiger partial charge in [0.05, 0.1) is 19.1 Å². The van der Waals surface area contributed by atoms with E-state index >= 15 is 0 Å². The molecule has 2 N–H and O–H groups in total. The average molecular weight is 227 g/mol. The van der Waals surface area contributed by atoms with Gasteiger partial charge in [0.1, 0.15) is 0 Å². The van der Waals surface area contributed by atoms with Crippen molar-refractivity contribution in [2.45, 2.75) is 24.3 Å². The number of nitrogens with two attached hydrogens (primary N) is 1. The molecule has 0 unspecified atom stereocenters. The van der Waals surface area contributed by atoms with E-state index in [-0.39, 0.29) is 6.04 Å². The van der Waals surface area contributed by atoms with E-state index in [9.17, 15) is 0 Å². The van der Waals surface area contributed by atoms with E-state index in [0.29, 0.717) is 5.75 Å². The van der Waals surface area contributed by atoms with Crippen molar-refractivity contribution in [3.05, 3.63) is 17.7 Å². The lowest BCUT2D eigenvalue weighted by atomic mass is 10.1. The normalized spacial score (nSPS) is 12.3. The Morgan fingerprint density at radius 2 is 1.87 bits per heavy atom. The van der Waals surface area contributed by atoms with Crippen LogP contribution in [-0.4, -0.2) is 20.3 Å². The molecule has 0 aromatic heterocycles. The average Bonchev–Trinajstić information content (AvgIpc) is 2.19. The molecule has 0 spiro atoms. The van der Waals surface area contributed by atoms with Crippen molar-refractivity contribution in [2.24, 2.45) is 5.73 Å². The molecule has 0 aliphatic rings. The van der Waals surface area contributed by atoms with Crippen LogP contribution in [-0.2, 0) is 6.42 Å². The summed E-state index contributed by atoms with van der Waals surface area (Å²) in [5.74, 6) is 1.39. The molecule has 3 nitrogen and oxygen atoms in total. The first-order valence-corrected chi connectivity index (χ1v) is 5.23. The SMILES string of the molecule is COc1c(S)ccc(C[C@@H](C)N)c1OC. The molecule has 1 rings (SSSR count). The Morgan fingerprint density at radius 1 is 1.27 bits per heavy atom. The summed E-state index contributed by atoms with van der Waals surface area (Å²) >= 11 is 4.30. The van der Waals surface area contributed by atoms with Crippen molar-refractivity contribution in [3.63, 3.8) is 0 Å². The molecule has 1 aromatic rings. The van der Waals surface area contributed by atoms with E-state index in [4.69, 9.17) is 15.2 Å². The van der Waals surface area contributed by atoms with E-state index in [0.717, 1.165) is 22.6 Å². The van der Waals surface area contributed by atoms with Gasteiger partial charge in [0, 0.05) is 6.04 Å². The highest BCUT2D eigenvalue weighted by atomic mass is 32.1. The van der Waals surface area contributed by atoms with Gasteiger partial charge in [-0.2, -0.15) is 0 Å². The molecular weight excluding hydrogens is 210 g/mol. The van der Waals surface area contributed by atoms with E-state index in [1.165, 1.54) is 0 Å². The lowest BCUT2D eigenvalue weighted by Gasteiger charge is -2.15. The topological polar surface area (TPSA) is 44.5 Å². The lowest BCUT2D eigenvalue weighted by Crippen LogP contribution is -2.18. The fourth-order valence-corrected chi connectivity index (χ4v) is 1.79. The number of benzene rings is 1. The summed E-state index contributed by atoms with van der Waals surface area (Å²) in [7, 11) is 3.23. The minimum atomic E-state index is 0.0920. The lowest BCUT2D eigenvalue weighted by molar-refractivity contribution is 0.344. The van der Waals surface area contributed by atoms with Crippen molar-refractivity contribution in [1.82, 2.24) is 0 Å². The van der Waals surface area contributed by atoms with Crippen molar-refractivity contribution in [3.8, 4) is 11.5 Å². The first kappa shape index (κ1) is 12.2. The Balaban J connectivity index is 3.16. The van der Waals surface area contributed by atoms with Gasteiger partial charge >= 0.3 is 0 Å². The highest BCUT2D eigenvalue weighted by Gasteiger charge is 2.13. The molecule has 1 aromatic carbocycles. The largest absolute Gasteiger partial charge is 0.493 e. The van der Waals surface area contributed by atoms with Crippen LogP contribution in [0.25, 0.3) is 0 Å². The third kappa shape index (κ3) is 2.79. The monoisotopic (exact) mass is 227 g/mol. The number of rotatable bonds is 4. The van der Waals surface area contributed by atoms with Crippen LogP contribution in [0.4, 0.5) is 0 Å². The van der Waals surface area contributed by atoms with Gasteiger partial charge < -0.3 is 15.2 Å². The molecule has 15 heavy (non-hydrogen) atoms. The Morgan fingerprint density at radius 3 is 2.33 bits per heavy atom. The van der Waals surface area contributed by atoms with E-state index in [1.54, 1.807) is 14.2 Å². The van der Waals surface area contributed by atoms with Crippen LogP contribution in [0.3, 0.4) is 0 Å². The zero-order valence-electron chi connectivity index (χ0n) is 9.28. The third-order valence-corrected chi connectivity index (χ3v) is 2.48. The molecular formula is C11H17NO2S. The van der Waals surface area contributed by atoms with Crippen LogP contribution in [0.5, 0.6) is 11.5 Å². The summed E-state index contributed by atoms with van der Waals surface area (Å²) in [5, 5.41) is 0. The van der Waals surface area contributed by atoms with E-state index < -0.39 is 0 Å².